The standard InChI is InChI=1S/C36H71O4P/c1-3-5-7-9-11-13-15-17-19-21-23-25-27-29-31-33-35-39-41(37,38)40-36-34-32-30-28-26-24-22-20-18-16-14-12-10-8-6-4-2/h19-22H,3-18,23-36H2,1-2H3,(H,37,38)/b21-19+,22-20+. The summed E-state index contributed by atoms with van der Waals surface area (Å²) in [7, 11) is -3.89. The van der Waals surface area contributed by atoms with Crippen LogP contribution in [0.25, 0.3) is 0 Å². The molecule has 4 nitrogen and oxygen atoms in total. The summed E-state index contributed by atoms with van der Waals surface area (Å²) in [4.78, 5) is 9.86. The van der Waals surface area contributed by atoms with Crippen molar-refractivity contribution in [1.29, 1.82) is 0 Å². The van der Waals surface area contributed by atoms with Crippen molar-refractivity contribution in [2.75, 3.05) is 13.2 Å². The van der Waals surface area contributed by atoms with Crippen LogP contribution in [0.2, 0.25) is 0 Å². The lowest BCUT2D eigenvalue weighted by atomic mass is 10.1. The Bertz CT molecular complexity index is 556. The lowest BCUT2D eigenvalue weighted by Gasteiger charge is -2.12. The van der Waals surface area contributed by atoms with Crippen LogP contribution >= 0.6 is 7.82 Å². The van der Waals surface area contributed by atoms with E-state index >= 15 is 0 Å². The molecule has 0 saturated carbocycles. The molecule has 0 atom stereocenters. The summed E-state index contributed by atoms with van der Waals surface area (Å²) in [6.07, 6.45) is 44.4. The van der Waals surface area contributed by atoms with Crippen LogP contribution in [-0.2, 0) is 13.6 Å². The number of allylic oxidation sites excluding steroid dienone is 4. The van der Waals surface area contributed by atoms with Gasteiger partial charge in [0.2, 0.25) is 0 Å². The van der Waals surface area contributed by atoms with Crippen LogP contribution in [-0.4, -0.2) is 18.1 Å². The normalized spacial score (nSPS) is 12.4. The highest BCUT2D eigenvalue weighted by Crippen LogP contribution is 2.43. The lowest BCUT2D eigenvalue weighted by molar-refractivity contribution is 0.145. The first-order valence-electron chi connectivity index (χ1n) is 18.0. The molecule has 0 aromatic heterocycles. The van der Waals surface area contributed by atoms with Gasteiger partial charge in [-0.15, -0.1) is 0 Å². The Balaban J connectivity index is 3.36. The van der Waals surface area contributed by atoms with Crippen LogP contribution in [0.15, 0.2) is 24.3 Å². The van der Waals surface area contributed by atoms with E-state index in [0.717, 1.165) is 38.5 Å². The Morgan fingerprint density at radius 2 is 0.659 bits per heavy atom. The molecule has 0 spiro atoms. The van der Waals surface area contributed by atoms with Gasteiger partial charge in [0.1, 0.15) is 0 Å². The molecule has 0 radical (unpaired) electrons. The maximum atomic E-state index is 12.0. The van der Waals surface area contributed by atoms with Crippen molar-refractivity contribution in [3.8, 4) is 0 Å². The first-order chi connectivity index (χ1) is 20.1. The summed E-state index contributed by atoms with van der Waals surface area (Å²) in [5.74, 6) is 0. The Labute approximate surface area is 257 Å². The number of rotatable bonds is 34. The minimum Gasteiger partial charge on any atom is -0.302 e. The zero-order valence-electron chi connectivity index (χ0n) is 27.6. The maximum absolute atomic E-state index is 12.0. The molecule has 0 aromatic carbocycles. The first kappa shape index (κ1) is 40.6. The van der Waals surface area contributed by atoms with E-state index in [0.29, 0.717) is 13.2 Å². The SMILES string of the molecule is CCCCCCCCC/C=C/CCCCCCCOP(=O)(O)OCCCCCCC/C=C/CCCCCCCCC. The Morgan fingerprint density at radius 3 is 0.951 bits per heavy atom. The van der Waals surface area contributed by atoms with E-state index in [1.54, 1.807) is 0 Å². The number of phosphoric ester groups is 1. The van der Waals surface area contributed by atoms with Crippen LogP contribution in [0.1, 0.15) is 194 Å². The molecule has 0 heterocycles. The van der Waals surface area contributed by atoms with Gasteiger partial charge in [0, 0.05) is 0 Å². The molecule has 0 aromatic rings. The molecule has 0 amide bonds. The predicted octanol–water partition coefficient (Wildman–Crippen LogP) is 13.2. The monoisotopic (exact) mass is 599 g/mol. The topological polar surface area (TPSA) is 55.8 Å². The molecule has 0 saturated heterocycles. The third kappa shape index (κ3) is 35.7. The number of unbranched alkanes of at least 4 members (excludes halogenated alkanes) is 24. The highest BCUT2D eigenvalue weighted by atomic mass is 31.2. The second kappa shape index (κ2) is 34.1. The van der Waals surface area contributed by atoms with Crippen molar-refractivity contribution in [3.05, 3.63) is 24.3 Å². The smallest absolute Gasteiger partial charge is 0.302 e. The second-order valence-electron chi connectivity index (χ2n) is 12.0. The molecule has 0 aliphatic rings. The van der Waals surface area contributed by atoms with Crippen LogP contribution < -0.4 is 0 Å². The molecule has 1 N–H and O–H groups in total. The maximum Gasteiger partial charge on any atom is 0.472 e. The van der Waals surface area contributed by atoms with Gasteiger partial charge in [0.05, 0.1) is 13.2 Å². The van der Waals surface area contributed by atoms with E-state index < -0.39 is 7.82 Å². The van der Waals surface area contributed by atoms with Crippen molar-refractivity contribution in [3.63, 3.8) is 0 Å². The molecule has 41 heavy (non-hydrogen) atoms. The molecular weight excluding hydrogens is 527 g/mol. The average Bonchev–Trinajstić information content (AvgIpc) is 2.96. The van der Waals surface area contributed by atoms with E-state index in [-0.39, 0.29) is 0 Å². The fourth-order valence-corrected chi connectivity index (χ4v) is 5.89. The average molecular weight is 599 g/mol. The van der Waals surface area contributed by atoms with Gasteiger partial charge in [-0.3, -0.25) is 9.05 Å². The van der Waals surface area contributed by atoms with E-state index in [4.69, 9.17) is 9.05 Å². The number of phosphoric acid groups is 1. The summed E-state index contributed by atoms with van der Waals surface area (Å²) < 4.78 is 22.3. The Hall–Kier alpha value is -0.410. The lowest BCUT2D eigenvalue weighted by Crippen LogP contribution is -1.99. The van der Waals surface area contributed by atoms with Gasteiger partial charge in [0.15, 0.2) is 0 Å². The summed E-state index contributed by atoms with van der Waals surface area (Å²) >= 11 is 0. The molecule has 5 heteroatoms. The van der Waals surface area contributed by atoms with Gasteiger partial charge < -0.3 is 4.89 Å². The third-order valence-electron chi connectivity index (χ3n) is 7.82. The summed E-state index contributed by atoms with van der Waals surface area (Å²) in [6.45, 7) is 5.15. The first-order valence-corrected chi connectivity index (χ1v) is 19.5. The van der Waals surface area contributed by atoms with E-state index in [1.165, 1.54) is 141 Å². The van der Waals surface area contributed by atoms with E-state index in [2.05, 4.69) is 38.2 Å². The molecule has 0 unspecified atom stereocenters. The van der Waals surface area contributed by atoms with Crippen LogP contribution in [0.5, 0.6) is 0 Å². The van der Waals surface area contributed by atoms with Gasteiger partial charge in [-0.2, -0.15) is 0 Å². The molecule has 0 bridgehead atoms. The highest BCUT2D eigenvalue weighted by molar-refractivity contribution is 7.47. The highest BCUT2D eigenvalue weighted by Gasteiger charge is 2.19. The van der Waals surface area contributed by atoms with Crippen molar-refractivity contribution in [2.45, 2.75) is 194 Å². The second-order valence-corrected chi connectivity index (χ2v) is 13.5. The predicted molar refractivity (Wildman–Crippen MR) is 181 cm³/mol. The molecular formula is C36H71O4P. The van der Waals surface area contributed by atoms with Gasteiger partial charge in [-0.05, 0) is 64.2 Å². The van der Waals surface area contributed by atoms with Crippen molar-refractivity contribution in [1.82, 2.24) is 0 Å². The Kier molecular flexibility index (Phi) is 33.7. The molecule has 0 fully saturated rings. The minimum atomic E-state index is -3.89. The van der Waals surface area contributed by atoms with Gasteiger partial charge in [-0.1, -0.05) is 154 Å². The van der Waals surface area contributed by atoms with Gasteiger partial charge in [0.25, 0.3) is 0 Å². The quantitative estimate of drug-likeness (QED) is 0.0455. The minimum absolute atomic E-state index is 0.304. The zero-order valence-corrected chi connectivity index (χ0v) is 28.5. The van der Waals surface area contributed by atoms with Crippen LogP contribution in [0.4, 0.5) is 0 Å². The van der Waals surface area contributed by atoms with Gasteiger partial charge >= 0.3 is 7.82 Å². The van der Waals surface area contributed by atoms with Crippen LogP contribution in [0.3, 0.4) is 0 Å². The largest absolute Gasteiger partial charge is 0.472 e. The zero-order chi connectivity index (χ0) is 30.0. The van der Waals surface area contributed by atoms with Crippen LogP contribution in [0, 0.1) is 0 Å². The fraction of sp³-hybridized carbons (Fsp3) is 0.889. The van der Waals surface area contributed by atoms with E-state index in [1.807, 2.05) is 0 Å². The van der Waals surface area contributed by atoms with Gasteiger partial charge in [-0.25, -0.2) is 4.57 Å². The molecule has 0 rings (SSSR count). The molecule has 0 aliphatic carbocycles. The summed E-state index contributed by atoms with van der Waals surface area (Å²) in [5.41, 5.74) is 0. The fourth-order valence-electron chi connectivity index (χ4n) is 5.10. The Morgan fingerprint density at radius 1 is 0.415 bits per heavy atom. The number of hydrogen-bond donors (Lipinski definition) is 1. The third-order valence-corrected chi connectivity index (χ3v) is 8.84. The summed E-state index contributed by atoms with van der Waals surface area (Å²) in [5, 5.41) is 0. The molecule has 0 aliphatic heterocycles. The van der Waals surface area contributed by atoms with Crippen molar-refractivity contribution in [2.24, 2.45) is 0 Å². The summed E-state index contributed by atoms with van der Waals surface area (Å²) in [6, 6.07) is 0. The molecule has 244 valence electrons. The van der Waals surface area contributed by atoms with E-state index in [9.17, 15) is 9.46 Å². The number of hydrogen-bond acceptors (Lipinski definition) is 3. The van der Waals surface area contributed by atoms with Crippen molar-refractivity contribution >= 4 is 7.82 Å². The van der Waals surface area contributed by atoms with Crippen molar-refractivity contribution < 1.29 is 18.5 Å².